The normalized spacial score (nSPS) is 14.0. The Morgan fingerprint density at radius 3 is 2.48 bits per heavy atom. The summed E-state index contributed by atoms with van der Waals surface area (Å²) in [5.74, 6) is -3.51. The molecule has 3 rings (SSSR count). The number of anilines is 1. The smallest absolute Gasteiger partial charge is 0.460 e. The minimum absolute atomic E-state index is 0.126. The van der Waals surface area contributed by atoms with Gasteiger partial charge in [0, 0.05) is 37.2 Å². The van der Waals surface area contributed by atoms with E-state index in [9.17, 15) is 19.2 Å². The van der Waals surface area contributed by atoms with Crippen LogP contribution >= 0.6 is 0 Å². The number of benzene rings is 2. The molecule has 0 saturated carbocycles. The van der Waals surface area contributed by atoms with Gasteiger partial charge in [0.2, 0.25) is 5.91 Å². The van der Waals surface area contributed by atoms with Gasteiger partial charge in [-0.15, -0.1) is 0 Å². The van der Waals surface area contributed by atoms with Crippen LogP contribution in [0.15, 0.2) is 55.1 Å². The predicted molar refractivity (Wildman–Crippen MR) is 120 cm³/mol. The van der Waals surface area contributed by atoms with E-state index in [4.69, 9.17) is 5.53 Å². The first-order valence-corrected chi connectivity index (χ1v) is 10.1. The maximum atomic E-state index is 13.2. The van der Waals surface area contributed by atoms with Crippen molar-refractivity contribution in [3.05, 3.63) is 77.3 Å². The third-order valence-corrected chi connectivity index (χ3v) is 5.49. The molecule has 1 aliphatic rings. The highest BCUT2D eigenvalue weighted by Gasteiger charge is 2.39. The highest BCUT2D eigenvalue weighted by atomic mass is 16.5. The molecule has 1 unspecified atom stereocenters. The molecule has 3 amide bonds. The lowest BCUT2D eigenvalue weighted by Gasteiger charge is -2.19. The fraction of sp³-hybridized carbons (Fsp3) is 0.208. The van der Waals surface area contributed by atoms with E-state index in [-0.39, 0.29) is 18.9 Å². The van der Waals surface area contributed by atoms with Crippen molar-refractivity contribution in [1.29, 1.82) is 0 Å². The molecule has 9 nitrogen and oxygen atoms in total. The Morgan fingerprint density at radius 1 is 1.18 bits per heavy atom. The summed E-state index contributed by atoms with van der Waals surface area (Å²) >= 11 is 0. The van der Waals surface area contributed by atoms with E-state index in [1.807, 2.05) is 12.1 Å². The molecule has 9 heteroatoms. The number of rotatable bonds is 6. The Labute approximate surface area is 190 Å². The minimum atomic E-state index is -1.16. The summed E-state index contributed by atoms with van der Waals surface area (Å²) in [4.78, 5) is 55.1. The first kappa shape index (κ1) is 23.3. The summed E-state index contributed by atoms with van der Waals surface area (Å²) < 4.78 is 4.40. The maximum Gasteiger partial charge on any atom is 0.463 e. The number of amides is 3. The van der Waals surface area contributed by atoms with Crippen LogP contribution in [-0.2, 0) is 19.1 Å². The summed E-state index contributed by atoms with van der Waals surface area (Å²) in [5.41, 5.74) is 10.8. The second-order valence-electron chi connectivity index (χ2n) is 7.37. The zero-order valence-corrected chi connectivity index (χ0v) is 18.2. The van der Waals surface area contributed by atoms with Crippen molar-refractivity contribution in [1.82, 2.24) is 4.90 Å². The van der Waals surface area contributed by atoms with E-state index < -0.39 is 29.4 Å². The second-order valence-corrected chi connectivity index (χ2v) is 7.37. The third-order valence-electron chi connectivity index (χ3n) is 5.49. The van der Waals surface area contributed by atoms with Crippen LogP contribution in [0.3, 0.4) is 0 Å². The van der Waals surface area contributed by atoms with Crippen LogP contribution in [-0.4, -0.2) is 59.8 Å². The highest BCUT2D eigenvalue weighted by molar-refractivity contribution is 6.62. The zero-order valence-electron chi connectivity index (χ0n) is 18.2. The number of nitrogens with zero attached hydrogens (tertiary/aromatic N) is 4. The fourth-order valence-corrected chi connectivity index (χ4v) is 3.82. The number of carbonyl (C=O) groups is 4. The molecule has 0 spiro atoms. The monoisotopic (exact) mass is 446 g/mol. The van der Waals surface area contributed by atoms with Gasteiger partial charge < -0.3 is 15.2 Å². The average Bonchev–Trinajstić information content (AvgIpc) is 3.22. The Hall–Kier alpha value is -4.36. The molecular formula is C24H22N4O5. The Kier molecular flexibility index (Phi) is 6.95. The van der Waals surface area contributed by atoms with Gasteiger partial charge in [-0.2, -0.15) is 4.79 Å². The Morgan fingerprint density at radius 2 is 1.88 bits per heavy atom. The molecule has 33 heavy (non-hydrogen) atoms. The number of hydrogen-bond donors (Lipinski definition) is 0. The Balaban J connectivity index is 1.90. The van der Waals surface area contributed by atoms with Crippen molar-refractivity contribution < 1.29 is 28.7 Å². The highest BCUT2D eigenvalue weighted by Crippen LogP contribution is 2.41. The SMILES string of the molecule is C=Cc1cccc2c1C(CC(=O)N(C)C(=O)C(=[N+]=[N-])C(=O)OC)CN2C(=O)c1ccccc1. The van der Waals surface area contributed by atoms with Gasteiger partial charge in [-0.25, -0.2) is 4.79 Å². The number of imide groups is 1. The number of esters is 1. The second kappa shape index (κ2) is 9.84. The minimum Gasteiger partial charge on any atom is -0.460 e. The summed E-state index contributed by atoms with van der Waals surface area (Å²) in [5, 5.41) is 0. The van der Waals surface area contributed by atoms with Crippen LogP contribution in [0.2, 0.25) is 0 Å². The van der Waals surface area contributed by atoms with E-state index in [1.54, 1.807) is 47.4 Å². The van der Waals surface area contributed by atoms with Crippen molar-refractivity contribution in [2.75, 3.05) is 25.6 Å². The lowest BCUT2D eigenvalue weighted by atomic mass is 9.92. The number of fused-ring (bicyclic) bond motifs is 1. The standard InChI is InChI=1S/C24H22N4O5/c1-4-15-11-8-12-18-20(15)17(14-28(18)22(30)16-9-6-5-7-10-16)13-19(29)27(2)23(31)21(26-25)24(32)33-3/h4-12,17H,1,13-14H2,2-3H3. The van der Waals surface area contributed by atoms with Crippen molar-refractivity contribution in [2.45, 2.75) is 12.3 Å². The summed E-state index contributed by atoms with van der Waals surface area (Å²) in [6.45, 7) is 4.05. The van der Waals surface area contributed by atoms with Gasteiger partial charge in [-0.3, -0.25) is 19.3 Å². The van der Waals surface area contributed by atoms with E-state index in [2.05, 4.69) is 16.1 Å². The quantitative estimate of drug-likeness (QED) is 0.222. The van der Waals surface area contributed by atoms with E-state index in [0.717, 1.165) is 18.2 Å². The number of hydrogen-bond acceptors (Lipinski definition) is 5. The topological polar surface area (TPSA) is 120 Å². The first-order chi connectivity index (χ1) is 15.8. The first-order valence-electron chi connectivity index (χ1n) is 10.1. The molecule has 0 aromatic heterocycles. The van der Waals surface area contributed by atoms with Crippen LogP contribution in [0.4, 0.5) is 5.69 Å². The van der Waals surface area contributed by atoms with Crippen LogP contribution in [0.1, 0.15) is 33.8 Å². The van der Waals surface area contributed by atoms with Crippen LogP contribution in [0.25, 0.3) is 11.6 Å². The number of carbonyl (C=O) groups excluding carboxylic acids is 4. The molecule has 0 fully saturated rings. The molecule has 1 heterocycles. The third kappa shape index (κ3) is 4.49. The summed E-state index contributed by atoms with van der Waals surface area (Å²) in [7, 11) is 2.20. The summed E-state index contributed by atoms with van der Waals surface area (Å²) in [6.07, 6.45) is 1.52. The molecule has 0 aliphatic carbocycles. The molecule has 0 bridgehead atoms. The summed E-state index contributed by atoms with van der Waals surface area (Å²) in [6, 6.07) is 14.2. The van der Waals surface area contributed by atoms with Gasteiger partial charge in [0.25, 0.3) is 5.91 Å². The van der Waals surface area contributed by atoms with Crippen LogP contribution in [0.5, 0.6) is 0 Å². The lowest BCUT2D eigenvalue weighted by molar-refractivity contribution is -0.145. The van der Waals surface area contributed by atoms with Gasteiger partial charge >= 0.3 is 17.6 Å². The van der Waals surface area contributed by atoms with Gasteiger partial charge in [-0.1, -0.05) is 43.0 Å². The maximum absolute atomic E-state index is 13.2. The Bertz CT molecular complexity index is 1180. The number of methoxy groups -OCH3 is 1. The lowest BCUT2D eigenvalue weighted by Crippen LogP contribution is -2.42. The van der Waals surface area contributed by atoms with Gasteiger partial charge in [0.1, 0.15) is 0 Å². The van der Waals surface area contributed by atoms with Gasteiger partial charge in [-0.05, 0) is 29.3 Å². The van der Waals surface area contributed by atoms with E-state index in [1.165, 1.54) is 7.05 Å². The molecular weight excluding hydrogens is 424 g/mol. The molecule has 0 N–H and O–H groups in total. The van der Waals surface area contributed by atoms with Crippen molar-refractivity contribution in [2.24, 2.45) is 0 Å². The molecule has 0 radical (unpaired) electrons. The van der Waals surface area contributed by atoms with Crippen molar-refractivity contribution in [3.8, 4) is 0 Å². The number of ether oxygens (including phenoxy) is 1. The molecule has 0 saturated heterocycles. The molecule has 1 aliphatic heterocycles. The van der Waals surface area contributed by atoms with Crippen molar-refractivity contribution >= 4 is 41.2 Å². The van der Waals surface area contributed by atoms with E-state index >= 15 is 0 Å². The molecule has 168 valence electrons. The van der Waals surface area contributed by atoms with Gasteiger partial charge in [0.05, 0.1) is 7.11 Å². The molecule has 2 aromatic carbocycles. The van der Waals surface area contributed by atoms with Crippen LogP contribution < -0.4 is 4.90 Å². The van der Waals surface area contributed by atoms with Gasteiger partial charge in [0.15, 0.2) is 0 Å². The van der Waals surface area contributed by atoms with E-state index in [0.29, 0.717) is 16.2 Å². The molecule has 2 aromatic rings. The predicted octanol–water partition coefficient (Wildman–Crippen LogP) is 2.29. The largest absolute Gasteiger partial charge is 0.463 e. The molecule has 1 atom stereocenters. The fourth-order valence-electron chi connectivity index (χ4n) is 3.82. The average molecular weight is 446 g/mol. The zero-order chi connectivity index (χ0) is 24.1. The van der Waals surface area contributed by atoms with Crippen LogP contribution in [0, 0.1) is 0 Å². The van der Waals surface area contributed by atoms with Crippen molar-refractivity contribution in [3.63, 3.8) is 0 Å².